The largest absolute Gasteiger partial charge is 0.340 e. The molecule has 0 aliphatic carbocycles. The number of piperazine rings is 1. The molecule has 1 heterocycles. The minimum Gasteiger partial charge on any atom is -0.340 e. The second-order valence-electron chi connectivity index (χ2n) is 5.54. The van der Waals surface area contributed by atoms with Gasteiger partial charge in [-0.05, 0) is 44.0 Å². The van der Waals surface area contributed by atoms with Crippen LogP contribution in [0.15, 0.2) is 23.1 Å². The monoisotopic (exact) mass is 292 g/mol. The lowest BCUT2D eigenvalue weighted by molar-refractivity contribution is -0.131. The van der Waals surface area contributed by atoms with Crippen molar-refractivity contribution in [3.63, 3.8) is 0 Å². The molecule has 1 unspecified atom stereocenters. The minimum atomic E-state index is 0.287. The first-order valence-electron chi connectivity index (χ1n) is 7.27. The van der Waals surface area contributed by atoms with Gasteiger partial charge >= 0.3 is 0 Å². The van der Waals surface area contributed by atoms with Crippen LogP contribution in [0.4, 0.5) is 0 Å². The van der Waals surface area contributed by atoms with Crippen LogP contribution < -0.4 is 5.32 Å². The average molecular weight is 292 g/mol. The summed E-state index contributed by atoms with van der Waals surface area (Å²) in [5.74, 6) is 1.15. The lowest BCUT2D eigenvalue weighted by Crippen LogP contribution is -2.51. The summed E-state index contributed by atoms with van der Waals surface area (Å²) in [6, 6.07) is 6.92. The predicted octanol–water partition coefficient (Wildman–Crippen LogP) is 2.61. The molecule has 0 radical (unpaired) electrons. The van der Waals surface area contributed by atoms with Crippen molar-refractivity contribution < 1.29 is 4.79 Å². The van der Waals surface area contributed by atoms with Crippen molar-refractivity contribution in [2.75, 3.05) is 25.4 Å². The van der Waals surface area contributed by atoms with E-state index in [-0.39, 0.29) is 5.91 Å². The van der Waals surface area contributed by atoms with E-state index in [9.17, 15) is 4.79 Å². The number of benzene rings is 1. The van der Waals surface area contributed by atoms with Gasteiger partial charge in [-0.3, -0.25) is 4.79 Å². The molecule has 2 rings (SSSR count). The molecular formula is C16H24N2OS. The third-order valence-corrected chi connectivity index (χ3v) is 4.78. The van der Waals surface area contributed by atoms with Gasteiger partial charge in [0.2, 0.25) is 5.91 Å². The molecule has 0 saturated carbocycles. The normalized spacial score (nSPS) is 19.1. The van der Waals surface area contributed by atoms with Gasteiger partial charge in [0, 0.05) is 42.7 Å². The number of hydrogen-bond acceptors (Lipinski definition) is 3. The molecule has 1 atom stereocenters. The Morgan fingerprint density at radius 3 is 2.90 bits per heavy atom. The third kappa shape index (κ3) is 4.25. The van der Waals surface area contributed by atoms with E-state index >= 15 is 0 Å². The highest BCUT2D eigenvalue weighted by atomic mass is 32.2. The molecule has 4 heteroatoms. The molecule has 1 fully saturated rings. The standard InChI is InChI=1S/C16H24N2OS/c1-12-4-5-15(10-13(12)2)20-9-6-16(19)18-8-7-17-14(3)11-18/h4-5,10,14,17H,6-9,11H2,1-3H3. The minimum absolute atomic E-state index is 0.287. The topological polar surface area (TPSA) is 32.3 Å². The van der Waals surface area contributed by atoms with Gasteiger partial charge in [-0.15, -0.1) is 11.8 Å². The molecule has 1 aliphatic heterocycles. The van der Waals surface area contributed by atoms with Crippen molar-refractivity contribution in [3.05, 3.63) is 29.3 Å². The smallest absolute Gasteiger partial charge is 0.223 e. The van der Waals surface area contributed by atoms with E-state index in [0.717, 1.165) is 25.4 Å². The molecule has 3 nitrogen and oxygen atoms in total. The molecule has 0 spiro atoms. The summed E-state index contributed by atoms with van der Waals surface area (Å²) in [5, 5.41) is 3.36. The molecule has 1 N–H and O–H groups in total. The number of rotatable bonds is 4. The van der Waals surface area contributed by atoms with Crippen molar-refractivity contribution >= 4 is 17.7 Å². The number of carbonyl (C=O) groups excluding carboxylic acids is 1. The van der Waals surface area contributed by atoms with Crippen LogP contribution in [0.3, 0.4) is 0 Å². The van der Waals surface area contributed by atoms with E-state index < -0.39 is 0 Å². The van der Waals surface area contributed by atoms with Gasteiger partial charge < -0.3 is 10.2 Å². The molecule has 20 heavy (non-hydrogen) atoms. The molecule has 1 aliphatic rings. The first-order chi connectivity index (χ1) is 9.56. The number of amides is 1. The van der Waals surface area contributed by atoms with Gasteiger partial charge in [0.05, 0.1) is 0 Å². The van der Waals surface area contributed by atoms with Crippen LogP contribution in [-0.4, -0.2) is 42.2 Å². The van der Waals surface area contributed by atoms with Crippen LogP contribution in [0.1, 0.15) is 24.5 Å². The third-order valence-electron chi connectivity index (χ3n) is 3.78. The summed E-state index contributed by atoms with van der Waals surface area (Å²) in [4.78, 5) is 15.4. The number of aryl methyl sites for hydroxylation is 2. The van der Waals surface area contributed by atoms with E-state index in [1.165, 1.54) is 16.0 Å². The molecular weight excluding hydrogens is 268 g/mol. The highest BCUT2D eigenvalue weighted by Gasteiger charge is 2.19. The van der Waals surface area contributed by atoms with Gasteiger partial charge in [0.1, 0.15) is 0 Å². The molecule has 1 saturated heterocycles. The van der Waals surface area contributed by atoms with E-state index in [0.29, 0.717) is 12.5 Å². The molecule has 0 aromatic heterocycles. The molecule has 0 bridgehead atoms. The van der Waals surface area contributed by atoms with Gasteiger partial charge in [-0.1, -0.05) is 6.07 Å². The van der Waals surface area contributed by atoms with Crippen molar-refractivity contribution in [1.29, 1.82) is 0 Å². The molecule has 110 valence electrons. The van der Waals surface area contributed by atoms with Crippen LogP contribution in [0.25, 0.3) is 0 Å². The SMILES string of the molecule is Cc1ccc(SCCC(=O)N2CCNC(C)C2)cc1C. The van der Waals surface area contributed by atoms with Crippen LogP contribution in [0.5, 0.6) is 0 Å². The zero-order chi connectivity index (χ0) is 14.5. The van der Waals surface area contributed by atoms with E-state index in [1.54, 1.807) is 11.8 Å². The van der Waals surface area contributed by atoms with E-state index in [4.69, 9.17) is 0 Å². The van der Waals surface area contributed by atoms with Crippen LogP contribution >= 0.6 is 11.8 Å². The van der Waals surface area contributed by atoms with Gasteiger partial charge in [-0.25, -0.2) is 0 Å². The highest BCUT2D eigenvalue weighted by Crippen LogP contribution is 2.22. The van der Waals surface area contributed by atoms with Gasteiger partial charge in [0.15, 0.2) is 0 Å². The zero-order valence-electron chi connectivity index (χ0n) is 12.6. The van der Waals surface area contributed by atoms with Crippen molar-refractivity contribution in [1.82, 2.24) is 10.2 Å². The predicted molar refractivity (Wildman–Crippen MR) is 85.3 cm³/mol. The summed E-state index contributed by atoms with van der Waals surface area (Å²) in [5.41, 5.74) is 2.64. The number of hydrogen-bond donors (Lipinski definition) is 1. The van der Waals surface area contributed by atoms with Crippen molar-refractivity contribution in [3.8, 4) is 0 Å². The Balaban J connectivity index is 1.77. The van der Waals surface area contributed by atoms with E-state index in [1.807, 2.05) is 4.90 Å². The Labute approximate surface area is 126 Å². The Bertz CT molecular complexity index is 476. The van der Waals surface area contributed by atoms with Crippen LogP contribution in [0.2, 0.25) is 0 Å². The van der Waals surface area contributed by atoms with Gasteiger partial charge in [-0.2, -0.15) is 0 Å². The number of carbonyl (C=O) groups is 1. The quantitative estimate of drug-likeness (QED) is 0.866. The fraction of sp³-hybridized carbons (Fsp3) is 0.562. The lowest BCUT2D eigenvalue weighted by atomic mass is 10.1. The summed E-state index contributed by atoms with van der Waals surface area (Å²) in [7, 11) is 0. The Hall–Kier alpha value is -1.00. The molecule has 1 aromatic carbocycles. The lowest BCUT2D eigenvalue weighted by Gasteiger charge is -2.32. The summed E-state index contributed by atoms with van der Waals surface area (Å²) < 4.78 is 0. The number of nitrogens with one attached hydrogen (secondary N) is 1. The fourth-order valence-electron chi connectivity index (χ4n) is 2.38. The first kappa shape index (κ1) is 15.4. The number of thioether (sulfide) groups is 1. The highest BCUT2D eigenvalue weighted by molar-refractivity contribution is 7.99. The van der Waals surface area contributed by atoms with E-state index in [2.05, 4.69) is 44.3 Å². The maximum Gasteiger partial charge on any atom is 0.223 e. The van der Waals surface area contributed by atoms with Crippen molar-refractivity contribution in [2.45, 2.75) is 38.1 Å². The summed E-state index contributed by atoms with van der Waals surface area (Å²) in [6.45, 7) is 8.98. The summed E-state index contributed by atoms with van der Waals surface area (Å²) in [6.07, 6.45) is 0.629. The molecule has 1 amide bonds. The second kappa shape index (κ2) is 7.14. The summed E-state index contributed by atoms with van der Waals surface area (Å²) >= 11 is 1.77. The Kier molecular flexibility index (Phi) is 5.49. The maximum atomic E-state index is 12.1. The average Bonchev–Trinajstić information content (AvgIpc) is 2.42. The first-order valence-corrected chi connectivity index (χ1v) is 8.26. The molecule has 1 aromatic rings. The number of nitrogens with zero attached hydrogens (tertiary/aromatic N) is 1. The fourth-order valence-corrected chi connectivity index (χ4v) is 3.31. The van der Waals surface area contributed by atoms with Crippen LogP contribution in [0, 0.1) is 13.8 Å². The van der Waals surface area contributed by atoms with Crippen molar-refractivity contribution in [2.24, 2.45) is 0 Å². The zero-order valence-corrected chi connectivity index (χ0v) is 13.4. The van der Waals surface area contributed by atoms with Crippen LogP contribution in [-0.2, 0) is 4.79 Å². The van der Waals surface area contributed by atoms with Gasteiger partial charge in [0.25, 0.3) is 0 Å². The Morgan fingerprint density at radius 1 is 1.40 bits per heavy atom. The Morgan fingerprint density at radius 2 is 2.20 bits per heavy atom. The second-order valence-corrected chi connectivity index (χ2v) is 6.71. The maximum absolute atomic E-state index is 12.1.